The number of pyridine rings is 1. The van der Waals surface area contributed by atoms with Gasteiger partial charge in [0.1, 0.15) is 0 Å². The molecule has 9 nitrogen and oxygen atoms in total. The molecule has 0 aliphatic carbocycles. The highest BCUT2D eigenvalue weighted by Gasteiger charge is 2.24. The Morgan fingerprint density at radius 2 is 1.69 bits per heavy atom. The number of nitrogens with zero attached hydrogens (tertiary/aromatic N) is 2. The van der Waals surface area contributed by atoms with Crippen LogP contribution in [-0.4, -0.2) is 40.6 Å². The summed E-state index contributed by atoms with van der Waals surface area (Å²) in [6.07, 6.45) is -1.14. The van der Waals surface area contributed by atoms with E-state index < -0.39 is 18.0 Å². The Bertz CT molecular complexity index is 1430. The lowest BCUT2D eigenvalue weighted by molar-refractivity contribution is -0.130. The van der Waals surface area contributed by atoms with Crippen LogP contribution in [0.1, 0.15) is 34.1 Å². The number of esters is 1. The SMILES string of the molecule is Cc1cccc(C)c1NC(=O)CNC(=O)C(C)OC(=O)c1cc(-c2ccccc2)nc2onc(C)c12. The van der Waals surface area contributed by atoms with Crippen LogP contribution in [-0.2, 0) is 14.3 Å². The lowest BCUT2D eigenvalue weighted by Gasteiger charge is -2.15. The molecule has 0 radical (unpaired) electrons. The maximum absolute atomic E-state index is 13.1. The van der Waals surface area contributed by atoms with Crippen LogP contribution >= 0.6 is 0 Å². The fourth-order valence-electron chi connectivity index (χ4n) is 3.80. The van der Waals surface area contributed by atoms with E-state index in [4.69, 9.17) is 9.26 Å². The van der Waals surface area contributed by atoms with Crippen molar-refractivity contribution in [2.75, 3.05) is 11.9 Å². The van der Waals surface area contributed by atoms with Gasteiger partial charge in [0.25, 0.3) is 11.6 Å². The van der Waals surface area contributed by atoms with Gasteiger partial charge in [0.2, 0.25) is 5.91 Å². The lowest BCUT2D eigenvalue weighted by atomic mass is 10.1. The predicted molar refractivity (Wildman–Crippen MR) is 134 cm³/mol. The van der Waals surface area contributed by atoms with Crippen LogP contribution in [0.5, 0.6) is 0 Å². The van der Waals surface area contributed by atoms with Gasteiger partial charge in [-0.2, -0.15) is 0 Å². The van der Waals surface area contributed by atoms with Crippen LogP contribution in [0.25, 0.3) is 22.4 Å². The maximum atomic E-state index is 13.1. The highest BCUT2D eigenvalue weighted by molar-refractivity contribution is 6.05. The van der Waals surface area contributed by atoms with E-state index in [2.05, 4.69) is 20.8 Å². The van der Waals surface area contributed by atoms with E-state index in [9.17, 15) is 14.4 Å². The first kappa shape index (κ1) is 24.6. The van der Waals surface area contributed by atoms with Gasteiger partial charge >= 0.3 is 5.97 Å². The molecule has 0 aliphatic rings. The van der Waals surface area contributed by atoms with Gasteiger partial charge in [0.05, 0.1) is 28.9 Å². The van der Waals surface area contributed by atoms with Gasteiger partial charge < -0.3 is 19.9 Å². The molecule has 2 N–H and O–H groups in total. The molecule has 4 aromatic rings. The smallest absolute Gasteiger partial charge is 0.339 e. The van der Waals surface area contributed by atoms with Crippen molar-refractivity contribution < 1.29 is 23.6 Å². The van der Waals surface area contributed by atoms with E-state index in [0.717, 1.165) is 16.7 Å². The number of nitrogens with one attached hydrogen (secondary N) is 2. The van der Waals surface area contributed by atoms with Gasteiger partial charge in [-0.05, 0) is 44.9 Å². The normalized spacial score (nSPS) is 11.7. The molecule has 9 heteroatoms. The van der Waals surface area contributed by atoms with Crippen molar-refractivity contribution in [2.45, 2.75) is 33.8 Å². The summed E-state index contributed by atoms with van der Waals surface area (Å²) >= 11 is 0. The number of aryl methyl sites for hydroxylation is 3. The van der Waals surface area contributed by atoms with E-state index >= 15 is 0 Å². The average molecular weight is 487 g/mol. The summed E-state index contributed by atoms with van der Waals surface area (Å²) in [5.41, 5.74) is 4.68. The van der Waals surface area contributed by atoms with E-state index in [0.29, 0.717) is 22.5 Å². The highest BCUT2D eigenvalue weighted by atomic mass is 16.5. The minimum Gasteiger partial charge on any atom is -0.449 e. The van der Waals surface area contributed by atoms with Crippen LogP contribution in [0.4, 0.5) is 5.69 Å². The van der Waals surface area contributed by atoms with E-state index in [1.165, 1.54) is 6.92 Å². The van der Waals surface area contributed by atoms with Crippen LogP contribution in [0, 0.1) is 20.8 Å². The Labute approximate surface area is 207 Å². The topological polar surface area (TPSA) is 123 Å². The number of amides is 2. The van der Waals surface area contributed by atoms with Gasteiger partial charge in [-0.15, -0.1) is 0 Å². The molecule has 4 rings (SSSR count). The average Bonchev–Trinajstić information content (AvgIpc) is 3.25. The third kappa shape index (κ3) is 5.25. The number of rotatable bonds is 7. The summed E-state index contributed by atoms with van der Waals surface area (Å²) in [5.74, 6) is -1.72. The fraction of sp³-hybridized carbons (Fsp3) is 0.222. The summed E-state index contributed by atoms with van der Waals surface area (Å²) in [7, 11) is 0. The Morgan fingerprint density at radius 1 is 1.00 bits per heavy atom. The molecule has 1 unspecified atom stereocenters. The first-order valence-electron chi connectivity index (χ1n) is 11.4. The van der Waals surface area contributed by atoms with Crippen molar-refractivity contribution in [3.63, 3.8) is 0 Å². The summed E-state index contributed by atoms with van der Waals surface area (Å²) in [4.78, 5) is 42.5. The van der Waals surface area contributed by atoms with Gasteiger partial charge in [-0.1, -0.05) is 53.7 Å². The number of benzene rings is 2. The van der Waals surface area contributed by atoms with Crippen molar-refractivity contribution in [3.8, 4) is 11.3 Å². The van der Waals surface area contributed by atoms with Crippen molar-refractivity contribution in [1.29, 1.82) is 0 Å². The number of anilines is 1. The lowest BCUT2D eigenvalue weighted by Crippen LogP contribution is -2.40. The summed E-state index contributed by atoms with van der Waals surface area (Å²) in [5, 5.41) is 9.64. The molecule has 0 saturated carbocycles. The predicted octanol–water partition coefficient (Wildman–Crippen LogP) is 4.12. The maximum Gasteiger partial charge on any atom is 0.339 e. The molecule has 0 aliphatic heterocycles. The zero-order chi connectivity index (χ0) is 25.8. The van der Waals surface area contributed by atoms with Crippen molar-refractivity contribution >= 4 is 34.6 Å². The second kappa shape index (κ2) is 10.4. The minimum atomic E-state index is -1.14. The largest absolute Gasteiger partial charge is 0.449 e. The molecule has 184 valence electrons. The molecular weight excluding hydrogens is 460 g/mol. The quantitative estimate of drug-likeness (QED) is 0.377. The number of ether oxygens (including phenoxy) is 1. The molecule has 2 heterocycles. The number of fused-ring (bicyclic) bond motifs is 1. The summed E-state index contributed by atoms with van der Waals surface area (Å²) < 4.78 is 10.7. The van der Waals surface area contributed by atoms with E-state index in [1.54, 1.807) is 13.0 Å². The van der Waals surface area contributed by atoms with Gasteiger partial charge in [-0.25, -0.2) is 9.78 Å². The number of aromatic nitrogens is 2. The van der Waals surface area contributed by atoms with Crippen LogP contribution in [0.2, 0.25) is 0 Å². The van der Waals surface area contributed by atoms with Gasteiger partial charge in [0.15, 0.2) is 6.10 Å². The van der Waals surface area contributed by atoms with Crippen molar-refractivity contribution in [1.82, 2.24) is 15.5 Å². The molecule has 2 aromatic carbocycles. The van der Waals surface area contributed by atoms with Crippen LogP contribution in [0.3, 0.4) is 0 Å². The number of para-hydroxylation sites is 1. The third-order valence-corrected chi connectivity index (χ3v) is 5.73. The molecule has 2 aromatic heterocycles. The first-order chi connectivity index (χ1) is 17.2. The molecule has 1 atom stereocenters. The fourth-order valence-corrected chi connectivity index (χ4v) is 3.80. The molecule has 0 saturated heterocycles. The molecule has 0 spiro atoms. The first-order valence-corrected chi connectivity index (χ1v) is 11.4. The minimum absolute atomic E-state index is 0.185. The number of hydrogen-bond acceptors (Lipinski definition) is 7. The van der Waals surface area contributed by atoms with Gasteiger partial charge in [0, 0.05) is 11.3 Å². The molecule has 0 bridgehead atoms. The van der Waals surface area contributed by atoms with Crippen LogP contribution in [0.15, 0.2) is 59.1 Å². The molecular formula is C27H26N4O5. The second-order valence-corrected chi connectivity index (χ2v) is 8.45. The molecule has 36 heavy (non-hydrogen) atoms. The summed E-state index contributed by atoms with van der Waals surface area (Å²) in [6.45, 7) is 6.64. The van der Waals surface area contributed by atoms with E-state index in [-0.39, 0.29) is 23.7 Å². The van der Waals surface area contributed by atoms with Crippen LogP contribution < -0.4 is 10.6 Å². The summed E-state index contributed by atoms with van der Waals surface area (Å²) in [6, 6.07) is 16.6. The zero-order valence-corrected chi connectivity index (χ0v) is 20.4. The van der Waals surface area contributed by atoms with Crippen molar-refractivity contribution in [2.24, 2.45) is 0 Å². The van der Waals surface area contributed by atoms with Crippen molar-refractivity contribution in [3.05, 3.63) is 77.0 Å². The number of carbonyl (C=O) groups excluding carboxylic acids is 3. The Kier molecular flexibility index (Phi) is 7.10. The zero-order valence-electron chi connectivity index (χ0n) is 20.4. The number of carbonyl (C=O) groups is 3. The highest BCUT2D eigenvalue weighted by Crippen LogP contribution is 2.27. The Hall–Kier alpha value is -4.53. The second-order valence-electron chi connectivity index (χ2n) is 8.45. The van der Waals surface area contributed by atoms with Gasteiger partial charge in [-0.3, -0.25) is 9.59 Å². The Balaban J connectivity index is 1.44. The monoisotopic (exact) mass is 486 g/mol. The Morgan fingerprint density at radius 3 is 2.39 bits per heavy atom. The molecule has 2 amide bonds. The third-order valence-electron chi connectivity index (χ3n) is 5.73. The standard InChI is InChI=1S/C27H26N4O5/c1-15-9-8-10-16(2)24(15)30-22(32)14-28-25(33)18(4)35-27(34)20-13-21(19-11-6-5-7-12-19)29-26-23(20)17(3)31-36-26/h5-13,18H,14H2,1-4H3,(H,28,33)(H,30,32). The molecule has 0 fully saturated rings. The van der Waals surface area contributed by atoms with E-state index in [1.807, 2.05) is 62.4 Å². The number of hydrogen-bond donors (Lipinski definition) is 2.